The Morgan fingerprint density at radius 2 is 0.821 bits per heavy atom. The molecule has 0 aliphatic carbocycles. The van der Waals surface area contributed by atoms with Gasteiger partial charge in [0.1, 0.15) is 24.4 Å². The lowest BCUT2D eigenvalue weighted by molar-refractivity contribution is -0.305. The molecule has 11 nitrogen and oxygen atoms in total. The minimum Gasteiger partial charge on any atom is -0.454 e. The Hall–Kier alpha value is -3.42. The molecular formula is C73H127NO10. The fourth-order valence-corrected chi connectivity index (χ4v) is 10.2. The maximum absolute atomic E-state index is 13.5. The minimum absolute atomic E-state index is 0.104. The number of unbranched alkanes of at least 4 members (excludes halogenated alkanes) is 30. The van der Waals surface area contributed by atoms with Gasteiger partial charge in [0.15, 0.2) is 12.4 Å². The van der Waals surface area contributed by atoms with E-state index in [1.807, 2.05) is 6.08 Å². The Bertz CT molecular complexity index is 1740. The molecule has 1 aliphatic heterocycles. The molecule has 11 heteroatoms. The SMILES string of the molecule is CCCCC/C=C\C/C=C\C/C=C\C/C=C\CCCCCCCCCCC(O)C(=O)NC(COC1OC(CO)C(O)C(O)C1OC(=O)CCCCCCCC/C=C\C/C=C\C/C=C\CCCCC)C(O)/C=C/CCCCCCCCCCCC. The van der Waals surface area contributed by atoms with Crippen LogP contribution < -0.4 is 5.32 Å². The van der Waals surface area contributed by atoms with E-state index in [0.29, 0.717) is 12.8 Å². The fraction of sp³-hybridized carbons (Fsp3) is 0.753. The molecule has 1 fully saturated rings. The van der Waals surface area contributed by atoms with E-state index in [4.69, 9.17) is 14.2 Å². The lowest BCUT2D eigenvalue weighted by Crippen LogP contribution is -2.61. The maximum Gasteiger partial charge on any atom is 0.306 e. The molecule has 1 aliphatic rings. The van der Waals surface area contributed by atoms with Gasteiger partial charge >= 0.3 is 5.97 Å². The van der Waals surface area contributed by atoms with Crippen LogP contribution in [-0.4, -0.2) is 99.6 Å². The van der Waals surface area contributed by atoms with E-state index >= 15 is 0 Å². The summed E-state index contributed by atoms with van der Waals surface area (Å²) in [6, 6.07) is -1.04. The number of amides is 1. The first-order valence-corrected chi connectivity index (χ1v) is 34.5. The molecule has 0 spiro atoms. The highest BCUT2D eigenvalue weighted by atomic mass is 16.7. The lowest BCUT2D eigenvalue weighted by Gasteiger charge is -2.41. The number of aliphatic hydroxyl groups excluding tert-OH is 5. The van der Waals surface area contributed by atoms with Crippen molar-refractivity contribution >= 4 is 11.9 Å². The summed E-state index contributed by atoms with van der Waals surface area (Å²) in [7, 11) is 0. The topological polar surface area (TPSA) is 175 Å². The third-order valence-electron chi connectivity index (χ3n) is 15.7. The highest BCUT2D eigenvalue weighted by Gasteiger charge is 2.47. The number of rotatable bonds is 58. The smallest absolute Gasteiger partial charge is 0.306 e. The van der Waals surface area contributed by atoms with E-state index in [1.165, 1.54) is 128 Å². The molecule has 1 amide bonds. The van der Waals surface area contributed by atoms with Crippen LogP contribution in [0.15, 0.2) is 97.2 Å². The maximum atomic E-state index is 13.5. The first-order valence-electron chi connectivity index (χ1n) is 34.5. The number of hydrogen-bond donors (Lipinski definition) is 6. The van der Waals surface area contributed by atoms with Gasteiger partial charge < -0.3 is 45.1 Å². The Kier molecular flexibility index (Phi) is 56.0. The molecule has 0 bridgehead atoms. The normalized spacial score (nSPS) is 19.1. The predicted molar refractivity (Wildman–Crippen MR) is 352 cm³/mol. The number of esters is 1. The van der Waals surface area contributed by atoms with Gasteiger partial charge in [-0.15, -0.1) is 0 Å². The van der Waals surface area contributed by atoms with Crippen LogP contribution in [0.1, 0.15) is 290 Å². The van der Waals surface area contributed by atoms with Crippen molar-refractivity contribution < 1.29 is 49.3 Å². The van der Waals surface area contributed by atoms with Crippen LogP contribution in [0.5, 0.6) is 0 Å². The van der Waals surface area contributed by atoms with Crippen LogP contribution in [0.25, 0.3) is 0 Å². The zero-order valence-electron chi connectivity index (χ0n) is 53.7. The molecule has 8 unspecified atom stereocenters. The van der Waals surface area contributed by atoms with Crippen LogP contribution >= 0.6 is 0 Å². The molecule has 6 N–H and O–H groups in total. The number of hydrogen-bond acceptors (Lipinski definition) is 10. The quantitative estimate of drug-likeness (QED) is 0.0195. The Morgan fingerprint density at radius 1 is 0.464 bits per heavy atom. The van der Waals surface area contributed by atoms with Crippen LogP contribution in [0.4, 0.5) is 0 Å². The highest BCUT2D eigenvalue weighted by Crippen LogP contribution is 2.26. The van der Waals surface area contributed by atoms with E-state index in [9.17, 15) is 35.1 Å². The third-order valence-corrected chi connectivity index (χ3v) is 15.7. The molecule has 0 aromatic heterocycles. The second-order valence-corrected chi connectivity index (χ2v) is 23.6. The fourth-order valence-electron chi connectivity index (χ4n) is 10.2. The highest BCUT2D eigenvalue weighted by molar-refractivity contribution is 5.80. The molecule has 0 radical (unpaired) electrons. The summed E-state index contributed by atoms with van der Waals surface area (Å²) in [6.07, 6.45) is 70.0. The van der Waals surface area contributed by atoms with Crippen molar-refractivity contribution in [2.75, 3.05) is 13.2 Å². The van der Waals surface area contributed by atoms with E-state index in [1.54, 1.807) is 6.08 Å². The van der Waals surface area contributed by atoms with E-state index in [-0.39, 0.29) is 19.4 Å². The zero-order valence-corrected chi connectivity index (χ0v) is 53.7. The van der Waals surface area contributed by atoms with Gasteiger partial charge in [-0.05, 0) is 109 Å². The summed E-state index contributed by atoms with van der Waals surface area (Å²) in [4.78, 5) is 26.6. The summed E-state index contributed by atoms with van der Waals surface area (Å²) in [5, 5.41) is 57.2. The largest absolute Gasteiger partial charge is 0.454 e. The van der Waals surface area contributed by atoms with Gasteiger partial charge in [0.05, 0.1) is 25.4 Å². The summed E-state index contributed by atoms with van der Waals surface area (Å²) < 4.78 is 17.7. The first-order chi connectivity index (χ1) is 41.2. The van der Waals surface area contributed by atoms with Crippen molar-refractivity contribution in [3.05, 3.63) is 97.2 Å². The lowest BCUT2D eigenvalue weighted by atomic mass is 9.99. The number of carbonyl (C=O) groups is 2. The number of allylic oxidation sites excluding steroid dienone is 15. The van der Waals surface area contributed by atoms with Crippen molar-refractivity contribution in [3.8, 4) is 0 Å². The van der Waals surface area contributed by atoms with Crippen molar-refractivity contribution in [2.45, 2.75) is 339 Å². The standard InChI is InChI=1S/C73H127NO10/c1-4-7-10-13-16-19-22-25-27-29-31-32-33-34-35-37-38-40-42-45-48-51-54-57-60-66(77)72(81)74-64(65(76)59-56-53-50-47-44-24-21-18-15-12-9-6-3)63-82-73-71(70(80)69(79)67(62-75)83-73)84-68(78)61-58-55-52-49-46-43-41-39-36-30-28-26-23-20-17-14-11-8-5-2/h16-17,19-20,25-28,31-32,34-36,39,56,59,64-67,69-71,73,75-77,79-80H,4-15,18,21-24,29-30,33,37-38,40-55,57-58,60-63H2,1-3H3,(H,74,81)/b19-16-,20-17-,27-25-,28-26-,32-31-,35-34-,39-36-,59-56+. The molecule has 8 atom stereocenters. The summed E-state index contributed by atoms with van der Waals surface area (Å²) in [5.74, 6) is -1.21. The third kappa shape index (κ3) is 46.8. The van der Waals surface area contributed by atoms with Gasteiger partial charge in [-0.2, -0.15) is 0 Å². The second-order valence-electron chi connectivity index (χ2n) is 23.6. The second kappa shape index (κ2) is 59.9. The van der Waals surface area contributed by atoms with Gasteiger partial charge in [-0.25, -0.2) is 0 Å². The van der Waals surface area contributed by atoms with E-state index in [0.717, 1.165) is 116 Å². The van der Waals surface area contributed by atoms with Crippen LogP contribution in [0.2, 0.25) is 0 Å². The summed E-state index contributed by atoms with van der Waals surface area (Å²) in [5.41, 5.74) is 0. The Balaban J connectivity index is 2.62. The zero-order chi connectivity index (χ0) is 61.0. The predicted octanol–water partition coefficient (Wildman–Crippen LogP) is 17.5. The van der Waals surface area contributed by atoms with Gasteiger partial charge in [0, 0.05) is 6.42 Å². The van der Waals surface area contributed by atoms with Crippen LogP contribution in [0, 0.1) is 0 Å². The number of ether oxygens (including phenoxy) is 3. The van der Waals surface area contributed by atoms with Gasteiger partial charge in [-0.1, -0.05) is 272 Å². The molecule has 0 aromatic rings. The van der Waals surface area contributed by atoms with Crippen molar-refractivity contribution in [1.82, 2.24) is 5.32 Å². The number of aliphatic hydroxyl groups is 5. The van der Waals surface area contributed by atoms with E-state index < -0.39 is 67.4 Å². The number of carbonyl (C=O) groups excluding carboxylic acids is 2. The van der Waals surface area contributed by atoms with Crippen LogP contribution in [0.3, 0.4) is 0 Å². The first kappa shape index (κ1) is 78.6. The number of nitrogens with one attached hydrogen (secondary N) is 1. The minimum atomic E-state index is -1.63. The molecule has 0 aromatic carbocycles. The van der Waals surface area contributed by atoms with Crippen molar-refractivity contribution in [1.29, 1.82) is 0 Å². The Labute approximate surface area is 514 Å². The monoisotopic (exact) mass is 1180 g/mol. The summed E-state index contributed by atoms with van der Waals surface area (Å²) in [6.45, 7) is 5.74. The van der Waals surface area contributed by atoms with Gasteiger partial charge in [-0.3, -0.25) is 9.59 Å². The molecule has 1 saturated heterocycles. The average molecular weight is 1180 g/mol. The molecule has 1 heterocycles. The van der Waals surface area contributed by atoms with Crippen molar-refractivity contribution in [3.63, 3.8) is 0 Å². The van der Waals surface area contributed by atoms with Crippen molar-refractivity contribution in [2.24, 2.45) is 0 Å². The van der Waals surface area contributed by atoms with Gasteiger partial charge in [0.2, 0.25) is 5.91 Å². The Morgan fingerprint density at radius 3 is 1.25 bits per heavy atom. The van der Waals surface area contributed by atoms with E-state index in [2.05, 4.69) is 111 Å². The molecule has 84 heavy (non-hydrogen) atoms. The summed E-state index contributed by atoms with van der Waals surface area (Å²) >= 11 is 0. The molecule has 484 valence electrons. The molecule has 0 saturated carbocycles. The van der Waals surface area contributed by atoms with Crippen LogP contribution in [-0.2, 0) is 23.8 Å². The van der Waals surface area contributed by atoms with Gasteiger partial charge in [0.25, 0.3) is 0 Å². The molecular weight excluding hydrogens is 1050 g/mol. The average Bonchev–Trinajstić information content (AvgIpc) is 3.54. The molecule has 1 rings (SSSR count).